The number of aryl methyl sites for hydroxylation is 1. The summed E-state index contributed by atoms with van der Waals surface area (Å²) in [7, 11) is 2.14. The molecule has 0 amide bonds. The third kappa shape index (κ3) is 1.75. The zero-order valence-electron chi connectivity index (χ0n) is 10.9. The van der Waals surface area contributed by atoms with Crippen LogP contribution in [0.3, 0.4) is 0 Å². The summed E-state index contributed by atoms with van der Waals surface area (Å²) in [6.45, 7) is 9.00. The lowest BCUT2D eigenvalue weighted by molar-refractivity contribution is 0.856. The maximum absolute atomic E-state index is 2.33. The molecule has 0 atom stereocenters. The molecular formula is C15H21N. The average molecular weight is 215 g/mol. The Labute approximate surface area is 98.1 Å². The van der Waals surface area contributed by atoms with E-state index in [1.54, 1.807) is 0 Å². The maximum Gasteiger partial charge on any atom is 0.0483 e. The summed E-state index contributed by atoms with van der Waals surface area (Å²) in [5, 5.41) is 1.40. The Balaban J connectivity index is 2.67. The molecule has 1 heterocycles. The van der Waals surface area contributed by atoms with E-state index in [4.69, 9.17) is 0 Å². The first-order valence-electron chi connectivity index (χ1n) is 6.09. The smallest absolute Gasteiger partial charge is 0.0483 e. The van der Waals surface area contributed by atoms with Gasteiger partial charge in [0, 0.05) is 24.1 Å². The number of fused-ring (bicyclic) bond motifs is 1. The van der Waals surface area contributed by atoms with Crippen molar-refractivity contribution in [3.05, 3.63) is 35.5 Å². The molecule has 0 aliphatic rings. The molecule has 1 nitrogen and oxygen atoms in total. The molecule has 86 valence electrons. The molecule has 0 spiro atoms. The Morgan fingerprint density at radius 1 is 1.00 bits per heavy atom. The third-order valence-corrected chi connectivity index (χ3v) is 3.33. The van der Waals surface area contributed by atoms with Crippen LogP contribution in [0.4, 0.5) is 0 Å². The molecule has 2 rings (SSSR count). The highest BCUT2D eigenvalue weighted by Gasteiger charge is 2.10. The van der Waals surface area contributed by atoms with Gasteiger partial charge >= 0.3 is 0 Å². The van der Waals surface area contributed by atoms with Crippen LogP contribution in [0.5, 0.6) is 0 Å². The molecule has 2 aromatic rings. The monoisotopic (exact) mass is 215 g/mol. The molecule has 0 aliphatic carbocycles. The van der Waals surface area contributed by atoms with Gasteiger partial charge in [-0.25, -0.2) is 0 Å². The van der Waals surface area contributed by atoms with Crippen LogP contribution in [0, 0.1) is 0 Å². The predicted molar refractivity (Wildman–Crippen MR) is 71.1 cm³/mol. The Morgan fingerprint density at radius 3 is 2.25 bits per heavy atom. The van der Waals surface area contributed by atoms with Gasteiger partial charge in [0.05, 0.1) is 0 Å². The number of nitrogens with zero attached hydrogens (tertiary/aromatic N) is 1. The van der Waals surface area contributed by atoms with Crippen molar-refractivity contribution in [3.8, 4) is 0 Å². The molecule has 0 fully saturated rings. The molecule has 1 aromatic heterocycles. The highest BCUT2D eigenvalue weighted by atomic mass is 14.9. The largest absolute Gasteiger partial charge is 0.350 e. The molecule has 0 radical (unpaired) electrons. The number of benzene rings is 1. The lowest BCUT2D eigenvalue weighted by Gasteiger charge is -2.07. The van der Waals surface area contributed by atoms with Crippen molar-refractivity contribution >= 4 is 10.9 Å². The highest BCUT2D eigenvalue weighted by Crippen LogP contribution is 2.29. The second-order valence-electron chi connectivity index (χ2n) is 5.28. The molecule has 0 saturated heterocycles. The predicted octanol–water partition coefficient (Wildman–Crippen LogP) is 4.43. The van der Waals surface area contributed by atoms with Crippen LogP contribution < -0.4 is 0 Å². The summed E-state index contributed by atoms with van der Waals surface area (Å²) in [6, 6.07) is 6.87. The molecule has 0 aliphatic heterocycles. The molecule has 0 bridgehead atoms. The zero-order valence-corrected chi connectivity index (χ0v) is 10.9. The van der Waals surface area contributed by atoms with Crippen molar-refractivity contribution in [2.75, 3.05) is 0 Å². The molecule has 1 heteroatoms. The van der Waals surface area contributed by atoms with Gasteiger partial charge in [-0.3, -0.25) is 0 Å². The number of hydrogen-bond donors (Lipinski definition) is 0. The van der Waals surface area contributed by atoms with E-state index < -0.39 is 0 Å². The maximum atomic E-state index is 2.33. The first-order chi connectivity index (χ1) is 7.50. The van der Waals surface area contributed by atoms with Crippen LogP contribution in [0.25, 0.3) is 10.9 Å². The van der Waals surface area contributed by atoms with Crippen molar-refractivity contribution in [3.63, 3.8) is 0 Å². The van der Waals surface area contributed by atoms with E-state index in [-0.39, 0.29) is 0 Å². The molecule has 1 aromatic carbocycles. The van der Waals surface area contributed by atoms with Gasteiger partial charge in [0.25, 0.3) is 0 Å². The Morgan fingerprint density at radius 2 is 1.69 bits per heavy atom. The van der Waals surface area contributed by atoms with Gasteiger partial charge in [0.1, 0.15) is 0 Å². The fourth-order valence-electron chi connectivity index (χ4n) is 2.25. The first-order valence-corrected chi connectivity index (χ1v) is 6.09. The summed E-state index contributed by atoms with van der Waals surface area (Å²) in [4.78, 5) is 0. The normalized spacial score (nSPS) is 11.9. The summed E-state index contributed by atoms with van der Waals surface area (Å²) >= 11 is 0. The van der Waals surface area contributed by atoms with Crippen LogP contribution in [-0.4, -0.2) is 4.57 Å². The topological polar surface area (TPSA) is 4.93 Å². The quantitative estimate of drug-likeness (QED) is 0.698. The van der Waals surface area contributed by atoms with Gasteiger partial charge in [-0.15, -0.1) is 0 Å². The number of rotatable bonds is 2. The van der Waals surface area contributed by atoms with Crippen LogP contribution in [-0.2, 0) is 7.05 Å². The molecule has 16 heavy (non-hydrogen) atoms. The van der Waals surface area contributed by atoms with Crippen LogP contribution >= 0.6 is 0 Å². The van der Waals surface area contributed by atoms with E-state index in [1.165, 1.54) is 22.0 Å². The van der Waals surface area contributed by atoms with Gasteiger partial charge in [0.15, 0.2) is 0 Å². The average Bonchev–Trinajstić information content (AvgIpc) is 2.56. The minimum absolute atomic E-state index is 0.591. The lowest BCUT2D eigenvalue weighted by atomic mass is 9.98. The molecular weight excluding hydrogens is 194 g/mol. The zero-order chi connectivity index (χ0) is 11.9. The summed E-state index contributed by atoms with van der Waals surface area (Å²) < 4.78 is 2.25. The van der Waals surface area contributed by atoms with Crippen molar-refractivity contribution in [2.45, 2.75) is 39.5 Å². The standard InChI is InChI=1S/C15H21N/c1-10(2)12-6-7-13-14(11(3)4)9-16(5)15(13)8-12/h6-11H,1-5H3. The third-order valence-electron chi connectivity index (χ3n) is 3.33. The van der Waals surface area contributed by atoms with Crippen molar-refractivity contribution < 1.29 is 0 Å². The van der Waals surface area contributed by atoms with Crippen LogP contribution in [0.2, 0.25) is 0 Å². The fourth-order valence-corrected chi connectivity index (χ4v) is 2.25. The van der Waals surface area contributed by atoms with E-state index in [0.717, 1.165) is 0 Å². The van der Waals surface area contributed by atoms with E-state index in [1.807, 2.05) is 0 Å². The van der Waals surface area contributed by atoms with E-state index in [0.29, 0.717) is 11.8 Å². The number of hydrogen-bond acceptors (Lipinski definition) is 0. The summed E-state index contributed by atoms with van der Waals surface area (Å²) in [5.74, 6) is 1.19. The molecule has 0 saturated carbocycles. The highest BCUT2D eigenvalue weighted by molar-refractivity contribution is 5.85. The first kappa shape index (κ1) is 11.3. The van der Waals surface area contributed by atoms with Gasteiger partial charge < -0.3 is 4.57 Å². The minimum Gasteiger partial charge on any atom is -0.350 e. The molecule has 0 N–H and O–H groups in total. The summed E-state index contributed by atoms with van der Waals surface area (Å²) in [5.41, 5.74) is 4.23. The van der Waals surface area contributed by atoms with Gasteiger partial charge in [-0.2, -0.15) is 0 Å². The Bertz CT molecular complexity index is 503. The van der Waals surface area contributed by atoms with Crippen molar-refractivity contribution in [1.82, 2.24) is 4.57 Å². The summed E-state index contributed by atoms with van der Waals surface area (Å²) in [6.07, 6.45) is 2.26. The Hall–Kier alpha value is -1.24. The van der Waals surface area contributed by atoms with Crippen molar-refractivity contribution in [2.24, 2.45) is 7.05 Å². The van der Waals surface area contributed by atoms with E-state index >= 15 is 0 Å². The second-order valence-corrected chi connectivity index (χ2v) is 5.28. The van der Waals surface area contributed by atoms with Gasteiger partial charge in [-0.1, -0.05) is 39.8 Å². The minimum atomic E-state index is 0.591. The SMILES string of the molecule is CC(C)c1ccc2c(C(C)C)cn(C)c2c1. The Kier molecular flexibility index (Phi) is 2.79. The fraction of sp³-hybridized carbons (Fsp3) is 0.467. The van der Waals surface area contributed by atoms with E-state index in [2.05, 4.69) is 63.7 Å². The number of aromatic nitrogens is 1. The van der Waals surface area contributed by atoms with Crippen molar-refractivity contribution in [1.29, 1.82) is 0 Å². The second kappa shape index (κ2) is 3.97. The van der Waals surface area contributed by atoms with Crippen LogP contribution in [0.15, 0.2) is 24.4 Å². The van der Waals surface area contributed by atoms with Gasteiger partial charge in [0.2, 0.25) is 0 Å². The lowest BCUT2D eigenvalue weighted by Crippen LogP contribution is -1.89. The van der Waals surface area contributed by atoms with E-state index in [9.17, 15) is 0 Å². The van der Waals surface area contributed by atoms with Crippen LogP contribution in [0.1, 0.15) is 50.7 Å². The van der Waals surface area contributed by atoms with Gasteiger partial charge in [-0.05, 0) is 29.0 Å². The molecule has 0 unspecified atom stereocenters.